The van der Waals surface area contributed by atoms with Crippen LogP contribution >= 0.6 is 0 Å². The van der Waals surface area contributed by atoms with Crippen LogP contribution in [0.2, 0.25) is 0 Å². The van der Waals surface area contributed by atoms with Gasteiger partial charge in [-0.2, -0.15) is 0 Å². The first-order chi connectivity index (χ1) is 13.4. The van der Waals surface area contributed by atoms with Crippen LogP contribution in [0, 0.1) is 0 Å². The maximum absolute atomic E-state index is 11.4. The third-order valence-corrected chi connectivity index (χ3v) is 7.04. The van der Waals surface area contributed by atoms with Crippen molar-refractivity contribution in [3.63, 3.8) is 0 Å². The fourth-order valence-corrected chi connectivity index (χ4v) is 4.68. The maximum Gasteiger partial charge on any atom is 1.00 e. The van der Waals surface area contributed by atoms with E-state index >= 15 is 0 Å². The van der Waals surface area contributed by atoms with Crippen LogP contribution in [-0.2, 0) is 10.1 Å². The minimum absolute atomic E-state index is 0. The predicted molar refractivity (Wildman–Crippen MR) is 119 cm³/mol. The molecular formula is C23H47NaO4S. The smallest absolute Gasteiger partial charge is 0.748 e. The van der Waals surface area contributed by atoms with E-state index in [1.807, 2.05) is 0 Å². The van der Waals surface area contributed by atoms with Gasteiger partial charge >= 0.3 is 29.6 Å². The van der Waals surface area contributed by atoms with Crippen LogP contribution in [0.3, 0.4) is 0 Å². The molecule has 2 unspecified atom stereocenters. The van der Waals surface area contributed by atoms with E-state index in [2.05, 4.69) is 13.8 Å². The number of aliphatic hydroxyl groups is 1. The van der Waals surface area contributed by atoms with Gasteiger partial charge in [0, 0.05) is 5.25 Å². The van der Waals surface area contributed by atoms with Crippen molar-refractivity contribution in [2.45, 2.75) is 147 Å². The standard InChI is InChI=1S/C23H48O4S.Na/c1-3-5-7-8-9-10-11-12-13-14-15-17-18-22(24)20-21-23(28(25,26)27)19-16-6-4-2;/h22-24H,3-21H2,1-2H3,(H,25,26,27);/q;+1/p-1. The first-order valence-electron chi connectivity index (χ1n) is 12.0. The van der Waals surface area contributed by atoms with Gasteiger partial charge in [-0.15, -0.1) is 0 Å². The van der Waals surface area contributed by atoms with Crippen LogP contribution < -0.4 is 29.6 Å². The van der Waals surface area contributed by atoms with Gasteiger partial charge < -0.3 is 9.66 Å². The van der Waals surface area contributed by atoms with Crippen LogP contribution in [0.1, 0.15) is 136 Å². The molecule has 2 atom stereocenters. The first kappa shape index (κ1) is 32.1. The van der Waals surface area contributed by atoms with Gasteiger partial charge in [-0.1, -0.05) is 110 Å². The Balaban J connectivity index is 0. The Hall–Kier alpha value is 0.870. The molecule has 6 heteroatoms. The van der Waals surface area contributed by atoms with Crippen LogP contribution in [0.5, 0.6) is 0 Å². The second-order valence-electron chi connectivity index (χ2n) is 8.52. The molecule has 0 aromatic heterocycles. The van der Waals surface area contributed by atoms with E-state index in [1.54, 1.807) is 0 Å². The van der Waals surface area contributed by atoms with E-state index < -0.39 is 21.5 Å². The summed E-state index contributed by atoms with van der Waals surface area (Å²) >= 11 is 0. The molecule has 0 aliphatic heterocycles. The third kappa shape index (κ3) is 21.9. The summed E-state index contributed by atoms with van der Waals surface area (Å²) < 4.78 is 34.1. The maximum atomic E-state index is 11.4. The average Bonchev–Trinajstić information content (AvgIpc) is 2.64. The largest absolute Gasteiger partial charge is 1.00 e. The van der Waals surface area contributed by atoms with E-state index in [-0.39, 0.29) is 29.6 Å². The SMILES string of the molecule is CCCCCCCCCCCCCCC(O)CCC(CCCCC)S(=O)(=O)[O-].[Na+]. The zero-order valence-corrected chi connectivity index (χ0v) is 22.5. The van der Waals surface area contributed by atoms with E-state index in [1.165, 1.54) is 64.2 Å². The molecule has 0 aromatic carbocycles. The zero-order valence-electron chi connectivity index (χ0n) is 19.7. The molecule has 0 rings (SSSR count). The molecule has 1 N–H and O–H groups in total. The molecule has 0 aromatic rings. The summed E-state index contributed by atoms with van der Waals surface area (Å²) in [5.41, 5.74) is 0. The van der Waals surface area contributed by atoms with Crippen molar-refractivity contribution in [1.29, 1.82) is 0 Å². The van der Waals surface area contributed by atoms with Crippen LogP contribution in [-0.4, -0.2) is 29.4 Å². The molecule has 170 valence electrons. The Morgan fingerprint density at radius 3 is 1.45 bits per heavy atom. The second-order valence-corrected chi connectivity index (χ2v) is 10.2. The minimum Gasteiger partial charge on any atom is -0.748 e. The van der Waals surface area contributed by atoms with Crippen LogP contribution in [0.4, 0.5) is 0 Å². The number of hydrogen-bond acceptors (Lipinski definition) is 4. The minimum atomic E-state index is -4.25. The molecule has 0 spiro atoms. The van der Waals surface area contributed by atoms with Gasteiger partial charge in [-0.05, 0) is 25.7 Å². The molecule has 0 radical (unpaired) electrons. The molecule has 0 fully saturated rings. The van der Waals surface area contributed by atoms with Crippen molar-refractivity contribution in [3.8, 4) is 0 Å². The molecule has 29 heavy (non-hydrogen) atoms. The molecule has 0 amide bonds. The molecule has 0 saturated carbocycles. The second kappa shape index (κ2) is 22.1. The van der Waals surface area contributed by atoms with Crippen molar-refractivity contribution >= 4 is 10.1 Å². The van der Waals surface area contributed by atoms with Gasteiger partial charge in [0.05, 0.1) is 16.2 Å². The fourth-order valence-electron chi connectivity index (χ4n) is 3.80. The van der Waals surface area contributed by atoms with Crippen molar-refractivity contribution in [2.24, 2.45) is 0 Å². The van der Waals surface area contributed by atoms with Gasteiger partial charge in [0.1, 0.15) is 0 Å². The Morgan fingerprint density at radius 1 is 0.621 bits per heavy atom. The molecule has 0 heterocycles. The van der Waals surface area contributed by atoms with Gasteiger partial charge in [-0.3, -0.25) is 0 Å². The Labute approximate surface area is 204 Å². The summed E-state index contributed by atoms with van der Waals surface area (Å²) in [6.45, 7) is 4.31. The van der Waals surface area contributed by atoms with Crippen LogP contribution in [0.25, 0.3) is 0 Å². The molecule has 0 bridgehead atoms. The Morgan fingerprint density at radius 2 is 1.00 bits per heavy atom. The van der Waals surface area contributed by atoms with E-state index in [4.69, 9.17) is 0 Å². The monoisotopic (exact) mass is 442 g/mol. The number of hydrogen-bond donors (Lipinski definition) is 1. The van der Waals surface area contributed by atoms with Gasteiger partial charge in [-0.25, -0.2) is 8.42 Å². The summed E-state index contributed by atoms with van der Waals surface area (Å²) in [6.07, 6.45) is 19.6. The quantitative estimate of drug-likeness (QED) is 0.167. The third-order valence-electron chi connectivity index (χ3n) is 5.75. The summed E-state index contributed by atoms with van der Waals surface area (Å²) in [5.74, 6) is 0. The van der Waals surface area contributed by atoms with Gasteiger partial charge in [0.15, 0.2) is 0 Å². The van der Waals surface area contributed by atoms with Crippen molar-refractivity contribution in [2.75, 3.05) is 0 Å². The van der Waals surface area contributed by atoms with Crippen LogP contribution in [0.15, 0.2) is 0 Å². The molecule has 0 saturated heterocycles. The van der Waals surface area contributed by atoms with E-state index in [0.29, 0.717) is 19.3 Å². The molecule has 4 nitrogen and oxygen atoms in total. The van der Waals surface area contributed by atoms with E-state index in [9.17, 15) is 18.1 Å². The Kier molecular flexibility index (Phi) is 24.4. The molecule has 0 aliphatic carbocycles. The van der Waals surface area contributed by atoms with Gasteiger partial charge in [0.2, 0.25) is 0 Å². The van der Waals surface area contributed by atoms with Gasteiger partial charge in [0.25, 0.3) is 0 Å². The first-order valence-corrected chi connectivity index (χ1v) is 13.5. The fraction of sp³-hybridized carbons (Fsp3) is 1.00. The number of unbranched alkanes of at least 4 members (excludes halogenated alkanes) is 13. The number of rotatable bonds is 21. The normalized spacial score (nSPS) is 13.8. The topological polar surface area (TPSA) is 77.4 Å². The summed E-state index contributed by atoms with van der Waals surface area (Å²) in [4.78, 5) is 0. The van der Waals surface area contributed by atoms with E-state index in [0.717, 1.165) is 38.5 Å². The molecule has 0 aliphatic rings. The summed E-state index contributed by atoms with van der Waals surface area (Å²) in [6, 6.07) is 0. The zero-order chi connectivity index (χ0) is 21.1. The van der Waals surface area contributed by atoms with Crippen molar-refractivity contribution < 1.29 is 47.6 Å². The number of aliphatic hydroxyl groups excluding tert-OH is 1. The van der Waals surface area contributed by atoms with Crippen molar-refractivity contribution in [3.05, 3.63) is 0 Å². The Bertz CT molecular complexity index is 429. The molecular weight excluding hydrogens is 395 g/mol. The average molecular weight is 443 g/mol. The summed E-state index contributed by atoms with van der Waals surface area (Å²) in [5, 5.41) is 9.28. The van der Waals surface area contributed by atoms with Crippen molar-refractivity contribution in [1.82, 2.24) is 0 Å². The summed E-state index contributed by atoms with van der Waals surface area (Å²) in [7, 11) is -4.25. The predicted octanol–water partition coefficient (Wildman–Crippen LogP) is 3.72.